The van der Waals surface area contributed by atoms with Gasteiger partial charge < -0.3 is 10.5 Å². The summed E-state index contributed by atoms with van der Waals surface area (Å²) in [5.74, 6) is 1.37. The second-order valence-corrected chi connectivity index (χ2v) is 7.40. The maximum absolute atomic E-state index is 6.58. The van der Waals surface area contributed by atoms with Crippen molar-refractivity contribution in [3.8, 4) is 5.75 Å². The van der Waals surface area contributed by atoms with Gasteiger partial charge in [-0.2, -0.15) is 0 Å². The zero-order chi connectivity index (χ0) is 18.5. The summed E-state index contributed by atoms with van der Waals surface area (Å²) in [5.41, 5.74) is 11.9. The van der Waals surface area contributed by atoms with E-state index in [0.717, 1.165) is 31.4 Å². The van der Waals surface area contributed by atoms with Crippen molar-refractivity contribution in [2.45, 2.75) is 58.6 Å². The maximum Gasteiger partial charge on any atom is 0.119 e. The third kappa shape index (κ3) is 4.37. The molecule has 138 valence electrons. The van der Waals surface area contributed by atoms with Crippen molar-refractivity contribution in [3.63, 3.8) is 0 Å². The molecule has 1 aliphatic carbocycles. The molecule has 0 heterocycles. The lowest BCUT2D eigenvalue weighted by atomic mass is 9.88. The summed E-state index contributed by atoms with van der Waals surface area (Å²) < 4.78 is 6.32. The predicted octanol–water partition coefficient (Wildman–Crippen LogP) is 5.23. The van der Waals surface area contributed by atoms with Crippen molar-refractivity contribution >= 4 is 0 Å². The van der Waals surface area contributed by atoms with E-state index in [1.165, 1.54) is 22.3 Å². The van der Waals surface area contributed by atoms with Crippen molar-refractivity contribution in [2.75, 3.05) is 0 Å². The van der Waals surface area contributed by atoms with E-state index < -0.39 is 0 Å². The van der Waals surface area contributed by atoms with E-state index in [-0.39, 0.29) is 12.1 Å². The third-order valence-corrected chi connectivity index (χ3v) is 5.53. The minimum atomic E-state index is 0.0683. The van der Waals surface area contributed by atoms with Gasteiger partial charge in [0.25, 0.3) is 0 Å². The smallest absolute Gasteiger partial charge is 0.119 e. The van der Waals surface area contributed by atoms with Gasteiger partial charge in [0.15, 0.2) is 0 Å². The van der Waals surface area contributed by atoms with Crippen LogP contribution in [0.4, 0.5) is 0 Å². The van der Waals surface area contributed by atoms with Gasteiger partial charge in [-0.3, -0.25) is 0 Å². The first-order valence-corrected chi connectivity index (χ1v) is 9.87. The molecule has 0 fully saturated rings. The molecule has 0 radical (unpaired) electrons. The van der Waals surface area contributed by atoms with Crippen molar-refractivity contribution in [1.82, 2.24) is 0 Å². The maximum atomic E-state index is 6.58. The summed E-state index contributed by atoms with van der Waals surface area (Å²) >= 11 is 0. The van der Waals surface area contributed by atoms with E-state index in [1.54, 1.807) is 0 Å². The number of rotatable bonds is 7. The quantitative estimate of drug-likeness (QED) is 0.695. The minimum absolute atomic E-state index is 0.0683. The highest BCUT2D eigenvalue weighted by Gasteiger charge is 2.32. The molecule has 2 heteroatoms. The van der Waals surface area contributed by atoms with Gasteiger partial charge in [-0.05, 0) is 49.4 Å². The lowest BCUT2D eigenvalue weighted by Gasteiger charge is -2.26. The van der Waals surface area contributed by atoms with Gasteiger partial charge in [-0.15, -0.1) is 0 Å². The number of ether oxygens (including phenoxy) is 1. The van der Waals surface area contributed by atoms with E-state index in [4.69, 9.17) is 10.5 Å². The Morgan fingerprint density at radius 3 is 2.27 bits per heavy atom. The topological polar surface area (TPSA) is 35.2 Å². The average Bonchev–Trinajstić information content (AvgIpc) is 3.07. The van der Waals surface area contributed by atoms with Gasteiger partial charge in [-0.25, -0.2) is 0 Å². The molecule has 0 saturated heterocycles. The van der Waals surface area contributed by atoms with E-state index in [1.807, 2.05) is 0 Å². The minimum Gasteiger partial charge on any atom is -0.489 e. The molecule has 3 unspecified atom stereocenters. The number of nitrogens with two attached hydrogens (primary N) is 1. The van der Waals surface area contributed by atoms with E-state index in [2.05, 4.69) is 75.4 Å². The monoisotopic (exact) mass is 349 g/mol. The second kappa shape index (κ2) is 8.55. The summed E-state index contributed by atoms with van der Waals surface area (Å²) in [4.78, 5) is 0. The number of aryl methyl sites for hydroxylation is 2. The molecule has 0 aromatic heterocycles. The van der Waals surface area contributed by atoms with Gasteiger partial charge in [0.05, 0.1) is 0 Å². The van der Waals surface area contributed by atoms with Crippen LogP contribution in [0.15, 0.2) is 60.2 Å². The fourth-order valence-corrected chi connectivity index (χ4v) is 3.91. The summed E-state index contributed by atoms with van der Waals surface area (Å²) in [5, 5.41) is 0. The Balaban J connectivity index is 1.64. The van der Waals surface area contributed by atoms with Crippen LogP contribution >= 0.6 is 0 Å². The predicted molar refractivity (Wildman–Crippen MR) is 110 cm³/mol. The van der Waals surface area contributed by atoms with Crippen LogP contribution in [0.25, 0.3) is 0 Å². The van der Waals surface area contributed by atoms with Crippen LogP contribution in [0.3, 0.4) is 0 Å². The molecule has 26 heavy (non-hydrogen) atoms. The Kier molecular flexibility index (Phi) is 6.16. The van der Waals surface area contributed by atoms with Gasteiger partial charge in [-0.1, -0.05) is 67.5 Å². The Bertz CT molecular complexity index is 730. The van der Waals surface area contributed by atoms with Gasteiger partial charge >= 0.3 is 0 Å². The Morgan fingerprint density at radius 1 is 1.00 bits per heavy atom. The molecule has 0 amide bonds. The van der Waals surface area contributed by atoms with Gasteiger partial charge in [0.1, 0.15) is 11.9 Å². The zero-order valence-corrected chi connectivity index (χ0v) is 16.2. The summed E-state index contributed by atoms with van der Waals surface area (Å²) in [6.07, 6.45) is 6.47. The largest absolute Gasteiger partial charge is 0.489 e. The molecule has 2 aromatic rings. The Hall–Kier alpha value is -2.06. The molecule has 0 saturated carbocycles. The van der Waals surface area contributed by atoms with Crippen LogP contribution in [0.2, 0.25) is 0 Å². The fraction of sp³-hybridized carbons (Fsp3) is 0.417. The van der Waals surface area contributed by atoms with Crippen LogP contribution in [-0.2, 0) is 12.8 Å². The normalized spacial score (nSPS) is 20.7. The zero-order valence-electron chi connectivity index (χ0n) is 16.2. The van der Waals surface area contributed by atoms with E-state index in [0.29, 0.717) is 5.92 Å². The summed E-state index contributed by atoms with van der Waals surface area (Å²) in [6, 6.07) is 17.3. The highest BCUT2D eigenvalue weighted by atomic mass is 16.5. The Morgan fingerprint density at radius 2 is 1.65 bits per heavy atom. The van der Waals surface area contributed by atoms with Crippen LogP contribution in [0, 0.1) is 12.8 Å². The molecular formula is C24H31NO. The molecule has 1 aliphatic rings. The van der Waals surface area contributed by atoms with Crippen LogP contribution in [-0.4, -0.2) is 12.1 Å². The highest BCUT2D eigenvalue weighted by molar-refractivity contribution is 5.31. The molecule has 3 rings (SSSR count). The van der Waals surface area contributed by atoms with E-state index in [9.17, 15) is 0 Å². The van der Waals surface area contributed by atoms with Crippen LogP contribution in [0.5, 0.6) is 5.75 Å². The van der Waals surface area contributed by atoms with E-state index >= 15 is 0 Å². The molecule has 0 aliphatic heterocycles. The average molecular weight is 350 g/mol. The fourth-order valence-electron chi connectivity index (χ4n) is 3.91. The Labute approximate surface area is 158 Å². The van der Waals surface area contributed by atoms with Gasteiger partial charge in [0, 0.05) is 18.4 Å². The molecular weight excluding hydrogens is 318 g/mol. The van der Waals surface area contributed by atoms with Crippen molar-refractivity contribution in [3.05, 3.63) is 76.9 Å². The lowest BCUT2D eigenvalue weighted by molar-refractivity contribution is 0.161. The summed E-state index contributed by atoms with van der Waals surface area (Å²) in [7, 11) is 0. The number of benzene rings is 2. The highest BCUT2D eigenvalue weighted by Crippen LogP contribution is 2.34. The molecule has 3 atom stereocenters. The summed E-state index contributed by atoms with van der Waals surface area (Å²) in [6.45, 7) is 6.52. The van der Waals surface area contributed by atoms with Crippen molar-refractivity contribution in [2.24, 2.45) is 11.7 Å². The molecule has 2 N–H and O–H groups in total. The molecule has 2 aromatic carbocycles. The van der Waals surface area contributed by atoms with Crippen LogP contribution < -0.4 is 10.5 Å². The molecule has 0 bridgehead atoms. The van der Waals surface area contributed by atoms with Crippen molar-refractivity contribution < 1.29 is 4.74 Å². The number of hydrogen-bond acceptors (Lipinski definition) is 2. The number of hydrogen-bond donors (Lipinski definition) is 1. The first-order valence-electron chi connectivity index (χ1n) is 9.87. The molecule has 0 spiro atoms. The van der Waals surface area contributed by atoms with Crippen molar-refractivity contribution in [1.29, 1.82) is 0 Å². The van der Waals surface area contributed by atoms with Crippen LogP contribution in [0.1, 0.15) is 43.4 Å². The third-order valence-electron chi connectivity index (χ3n) is 5.53. The van der Waals surface area contributed by atoms with Gasteiger partial charge in [0.2, 0.25) is 0 Å². The lowest BCUT2D eigenvalue weighted by Crippen LogP contribution is -2.32. The second-order valence-electron chi connectivity index (χ2n) is 7.40. The molecule has 2 nitrogen and oxygen atoms in total. The standard InChI is InChI=1S/C24H31NO/c1-4-18-10-12-20(13-11-18)26-24-15-14-22(21(24)5-2)23(25)16-19-8-6-17(3)7-9-19/h6-14,21,23-24H,4-5,15-16,25H2,1-3H3. The first-order chi connectivity index (χ1) is 12.6. The SMILES string of the molecule is CCc1ccc(OC2CC=C(C(N)Cc3ccc(C)cc3)C2CC)cc1. The first kappa shape index (κ1) is 18.7.